The van der Waals surface area contributed by atoms with Gasteiger partial charge in [0.05, 0.1) is 0 Å². The second kappa shape index (κ2) is 6.88. The van der Waals surface area contributed by atoms with E-state index in [9.17, 15) is 0 Å². The Morgan fingerprint density at radius 3 is 1.78 bits per heavy atom. The van der Waals surface area contributed by atoms with Gasteiger partial charge in [-0.1, -0.05) is 42.5 Å². The van der Waals surface area contributed by atoms with E-state index in [1.807, 2.05) is 12.1 Å². The molecule has 0 amide bonds. The quantitative estimate of drug-likeness (QED) is 0.648. The summed E-state index contributed by atoms with van der Waals surface area (Å²) in [5, 5.41) is 0. The number of rotatable bonds is 5. The highest BCUT2D eigenvalue weighted by Gasteiger charge is 2.22. The van der Waals surface area contributed by atoms with Gasteiger partial charge in [-0.3, -0.25) is 0 Å². The predicted octanol–water partition coefficient (Wildman–Crippen LogP) is 4.91. The minimum atomic E-state index is 0.231. The Morgan fingerprint density at radius 1 is 0.630 bits per heavy atom. The van der Waals surface area contributed by atoms with E-state index in [2.05, 4.69) is 54.6 Å². The molecule has 4 nitrogen and oxygen atoms in total. The molecule has 0 bridgehead atoms. The molecule has 0 aliphatic carbocycles. The van der Waals surface area contributed by atoms with Crippen LogP contribution in [0.2, 0.25) is 0 Å². The van der Waals surface area contributed by atoms with Crippen LogP contribution in [0.5, 0.6) is 23.0 Å². The Morgan fingerprint density at radius 2 is 1.19 bits per heavy atom. The van der Waals surface area contributed by atoms with Gasteiger partial charge < -0.3 is 18.9 Å². The van der Waals surface area contributed by atoms with E-state index in [0.29, 0.717) is 0 Å². The molecule has 5 rings (SSSR count). The minimum absolute atomic E-state index is 0.231. The van der Waals surface area contributed by atoms with E-state index in [1.165, 1.54) is 16.7 Å². The molecule has 27 heavy (non-hydrogen) atoms. The zero-order chi connectivity index (χ0) is 18.1. The lowest BCUT2D eigenvalue weighted by Crippen LogP contribution is -2.03. The van der Waals surface area contributed by atoms with Crippen molar-refractivity contribution in [1.29, 1.82) is 0 Å². The van der Waals surface area contributed by atoms with Crippen LogP contribution in [-0.2, 0) is 6.42 Å². The van der Waals surface area contributed by atoms with Crippen molar-refractivity contribution in [2.24, 2.45) is 0 Å². The van der Waals surface area contributed by atoms with Gasteiger partial charge in [0.25, 0.3) is 0 Å². The smallest absolute Gasteiger partial charge is 0.231 e. The van der Waals surface area contributed by atoms with Gasteiger partial charge in [-0.15, -0.1) is 0 Å². The average Bonchev–Trinajstić information content (AvgIpc) is 3.37. The maximum absolute atomic E-state index is 5.60. The van der Waals surface area contributed by atoms with Gasteiger partial charge in [-0.2, -0.15) is 0 Å². The van der Waals surface area contributed by atoms with Crippen molar-refractivity contribution in [2.75, 3.05) is 13.6 Å². The number of benzene rings is 3. The lowest BCUT2D eigenvalue weighted by atomic mass is 9.86. The molecule has 0 atom stereocenters. The van der Waals surface area contributed by atoms with Crippen LogP contribution >= 0.6 is 0 Å². The van der Waals surface area contributed by atoms with Crippen LogP contribution in [0.15, 0.2) is 66.7 Å². The number of ether oxygens (including phenoxy) is 4. The van der Waals surface area contributed by atoms with E-state index in [1.54, 1.807) is 0 Å². The first-order chi connectivity index (χ1) is 13.4. The fraction of sp³-hybridized carbons (Fsp3) is 0.217. The van der Waals surface area contributed by atoms with Crippen LogP contribution in [0.4, 0.5) is 0 Å². The molecule has 136 valence electrons. The molecule has 0 aromatic heterocycles. The molecule has 3 aromatic carbocycles. The molecule has 0 saturated heterocycles. The van der Waals surface area contributed by atoms with Gasteiger partial charge in [0, 0.05) is 5.92 Å². The monoisotopic (exact) mass is 360 g/mol. The molecule has 0 spiro atoms. The second-order valence-electron chi connectivity index (χ2n) is 6.80. The molecule has 4 heteroatoms. The summed E-state index contributed by atoms with van der Waals surface area (Å²) in [5.41, 5.74) is 3.77. The lowest BCUT2D eigenvalue weighted by molar-refractivity contribution is 0.173. The van der Waals surface area contributed by atoms with Crippen LogP contribution in [0, 0.1) is 0 Å². The first-order valence-corrected chi connectivity index (χ1v) is 9.20. The molecule has 0 saturated carbocycles. The zero-order valence-electron chi connectivity index (χ0n) is 14.9. The van der Waals surface area contributed by atoms with Crippen molar-refractivity contribution in [1.82, 2.24) is 0 Å². The van der Waals surface area contributed by atoms with E-state index >= 15 is 0 Å². The van der Waals surface area contributed by atoms with Gasteiger partial charge in [0.1, 0.15) is 0 Å². The largest absolute Gasteiger partial charge is 0.454 e. The van der Waals surface area contributed by atoms with E-state index in [4.69, 9.17) is 18.9 Å². The number of hydrogen-bond donors (Lipinski definition) is 0. The minimum Gasteiger partial charge on any atom is -0.454 e. The summed E-state index contributed by atoms with van der Waals surface area (Å²) < 4.78 is 22.1. The van der Waals surface area contributed by atoms with Crippen molar-refractivity contribution in [3.63, 3.8) is 0 Å². The second-order valence-corrected chi connectivity index (χ2v) is 6.80. The summed E-state index contributed by atoms with van der Waals surface area (Å²) in [6, 6.07) is 23.0. The lowest BCUT2D eigenvalue weighted by Gasteiger charge is -2.19. The van der Waals surface area contributed by atoms with Crippen LogP contribution in [0.3, 0.4) is 0 Å². The molecule has 2 aliphatic rings. The van der Waals surface area contributed by atoms with E-state index in [0.717, 1.165) is 35.8 Å². The van der Waals surface area contributed by atoms with E-state index < -0.39 is 0 Å². The van der Waals surface area contributed by atoms with Crippen LogP contribution in [-0.4, -0.2) is 13.6 Å². The Hall–Kier alpha value is -3.14. The van der Waals surface area contributed by atoms with Gasteiger partial charge in [0.2, 0.25) is 13.6 Å². The topological polar surface area (TPSA) is 36.9 Å². The van der Waals surface area contributed by atoms with Crippen molar-refractivity contribution in [3.05, 3.63) is 83.4 Å². The molecule has 0 fully saturated rings. The molecule has 0 radical (unpaired) electrons. The zero-order valence-corrected chi connectivity index (χ0v) is 14.9. The van der Waals surface area contributed by atoms with Crippen LogP contribution in [0.1, 0.15) is 29.0 Å². The van der Waals surface area contributed by atoms with Gasteiger partial charge in [0.15, 0.2) is 23.0 Å². The fourth-order valence-corrected chi connectivity index (χ4v) is 3.74. The van der Waals surface area contributed by atoms with Crippen molar-refractivity contribution >= 4 is 0 Å². The van der Waals surface area contributed by atoms with Crippen LogP contribution in [0.25, 0.3) is 0 Å². The third kappa shape index (κ3) is 3.19. The predicted molar refractivity (Wildman–Crippen MR) is 102 cm³/mol. The maximum Gasteiger partial charge on any atom is 0.231 e. The van der Waals surface area contributed by atoms with Gasteiger partial charge in [-0.05, 0) is 53.8 Å². The molecule has 2 heterocycles. The Balaban J connectivity index is 1.49. The first kappa shape index (κ1) is 16.1. The highest BCUT2D eigenvalue weighted by atomic mass is 16.7. The third-order valence-corrected chi connectivity index (χ3v) is 5.16. The number of hydrogen-bond acceptors (Lipinski definition) is 4. The molecule has 2 aliphatic heterocycles. The summed E-state index contributed by atoms with van der Waals surface area (Å²) in [6.07, 6.45) is 1.98. The summed E-state index contributed by atoms with van der Waals surface area (Å²) in [7, 11) is 0. The fourth-order valence-electron chi connectivity index (χ4n) is 3.74. The summed E-state index contributed by atoms with van der Waals surface area (Å²) in [4.78, 5) is 0. The Labute approximate surface area is 158 Å². The standard InChI is InChI=1S/C23H20O4/c1-2-4-16(5-3-1)6-9-19(17-7-10-20-22(12-17)26-14-24-20)18-8-11-21-23(13-18)27-15-25-21/h1-5,7-8,10-13,19H,6,9,14-15H2. The van der Waals surface area contributed by atoms with Gasteiger partial charge in [-0.25, -0.2) is 0 Å². The third-order valence-electron chi connectivity index (χ3n) is 5.16. The molecular weight excluding hydrogens is 340 g/mol. The number of aryl methyl sites for hydroxylation is 1. The molecular formula is C23H20O4. The van der Waals surface area contributed by atoms with Crippen molar-refractivity contribution in [2.45, 2.75) is 18.8 Å². The average molecular weight is 360 g/mol. The highest BCUT2D eigenvalue weighted by molar-refractivity contribution is 5.50. The molecule has 3 aromatic rings. The van der Waals surface area contributed by atoms with Gasteiger partial charge >= 0.3 is 0 Å². The Kier molecular flexibility index (Phi) is 4.09. The van der Waals surface area contributed by atoms with E-state index in [-0.39, 0.29) is 19.5 Å². The summed E-state index contributed by atoms with van der Waals surface area (Å²) >= 11 is 0. The SMILES string of the molecule is c1ccc(CCC(c2ccc3c(c2)OCO3)c2ccc3c(c2)OCO3)cc1. The number of fused-ring (bicyclic) bond motifs is 2. The highest BCUT2D eigenvalue weighted by Crippen LogP contribution is 2.41. The summed E-state index contributed by atoms with van der Waals surface area (Å²) in [5.74, 6) is 3.49. The maximum atomic E-state index is 5.60. The molecule has 0 unspecified atom stereocenters. The Bertz CT molecular complexity index is 894. The first-order valence-electron chi connectivity index (χ1n) is 9.20. The summed E-state index contributed by atoms with van der Waals surface area (Å²) in [6.45, 7) is 0.578. The van der Waals surface area contributed by atoms with Crippen molar-refractivity contribution < 1.29 is 18.9 Å². The molecule has 0 N–H and O–H groups in total. The van der Waals surface area contributed by atoms with Crippen molar-refractivity contribution in [3.8, 4) is 23.0 Å². The normalized spacial score (nSPS) is 14.0. The van der Waals surface area contributed by atoms with Crippen LogP contribution < -0.4 is 18.9 Å².